The topological polar surface area (TPSA) is 23.8 Å². The highest BCUT2D eigenvalue weighted by Gasteiger charge is 2.12. The molecular weight excluding hydrogens is 204 g/mol. The van der Waals surface area contributed by atoms with Crippen molar-refractivity contribution in [3.05, 3.63) is 29.3 Å². The van der Waals surface area contributed by atoms with Gasteiger partial charge in [-0.25, -0.2) is 8.78 Å². The highest BCUT2D eigenvalue weighted by molar-refractivity contribution is 7.80. The van der Waals surface area contributed by atoms with E-state index in [0.29, 0.717) is 16.9 Å². The molecule has 1 aromatic carbocycles. The van der Waals surface area contributed by atoms with Crippen LogP contribution in [-0.2, 0) is 6.42 Å². The van der Waals surface area contributed by atoms with E-state index in [9.17, 15) is 8.78 Å². The average molecular weight is 213 g/mol. The van der Waals surface area contributed by atoms with Gasteiger partial charge in [0.15, 0.2) is 0 Å². The van der Waals surface area contributed by atoms with Crippen LogP contribution in [0, 0.1) is 11.3 Å². The lowest BCUT2D eigenvalue weighted by atomic mass is 10.0. The average Bonchev–Trinajstić information content (AvgIpc) is 2.14. The standard InChI is InChI=1S/C10H9F2NS/c11-10(12)9-4-3-8(14)6-7(9)2-1-5-13/h3-4,6,10,14H,1-2H2. The van der Waals surface area contributed by atoms with Crippen molar-refractivity contribution in [3.63, 3.8) is 0 Å². The van der Waals surface area contributed by atoms with E-state index < -0.39 is 6.43 Å². The predicted octanol–water partition coefficient (Wildman–Crippen LogP) is 3.37. The second-order valence-electron chi connectivity index (χ2n) is 2.84. The van der Waals surface area contributed by atoms with Crippen molar-refractivity contribution in [2.75, 3.05) is 0 Å². The van der Waals surface area contributed by atoms with Gasteiger partial charge in [0.2, 0.25) is 0 Å². The summed E-state index contributed by atoms with van der Waals surface area (Å²) in [6, 6.07) is 6.41. The highest BCUT2D eigenvalue weighted by Crippen LogP contribution is 2.25. The van der Waals surface area contributed by atoms with Crippen molar-refractivity contribution in [1.29, 1.82) is 5.26 Å². The Morgan fingerprint density at radius 2 is 2.14 bits per heavy atom. The fourth-order valence-corrected chi connectivity index (χ4v) is 1.44. The second kappa shape index (κ2) is 4.97. The summed E-state index contributed by atoms with van der Waals surface area (Å²) in [6.07, 6.45) is -1.89. The summed E-state index contributed by atoms with van der Waals surface area (Å²) in [5, 5.41) is 8.37. The summed E-state index contributed by atoms with van der Waals surface area (Å²) in [7, 11) is 0. The van der Waals surface area contributed by atoms with Crippen molar-refractivity contribution in [2.24, 2.45) is 0 Å². The number of benzene rings is 1. The number of nitrogens with zero attached hydrogens (tertiary/aromatic N) is 1. The van der Waals surface area contributed by atoms with Crippen molar-refractivity contribution >= 4 is 12.6 Å². The Morgan fingerprint density at radius 1 is 1.43 bits per heavy atom. The molecule has 0 heterocycles. The smallest absolute Gasteiger partial charge is 0.205 e. The molecule has 0 spiro atoms. The van der Waals surface area contributed by atoms with Crippen LogP contribution in [0.1, 0.15) is 24.0 Å². The van der Waals surface area contributed by atoms with Crippen LogP contribution in [-0.4, -0.2) is 0 Å². The molecule has 0 saturated heterocycles. The van der Waals surface area contributed by atoms with Gasteiger partial charge >= 0.3 is 0 Å². The van der Waals surface area contributed by atoms with Crippen molar-refractivity contribution in [1.82, 2.24) is 0 Å². The Labute approximate surface area is 86.8 Å². The van der Waals surface area contributed by atoms with E-state index in [4.69, 9.17) is 5.26 Å². The van der Waals surface area contributed by atoms with E-state index >= 15 is 0 Å². The first-order valence-corrected chi connectivity index (χ1v) is 4.56. The van der Waals surface area contributed by atoms with Gasteiger partial charge in [-0.05, 0) is 24.1 Å². The SMILES string of the molecule is N#CCCc1cc(S)ccc1C(F)F. The summed E-state index contributed by atoms with van der Waals surface area (Å²) in [6.45, 7) is 0. The lowest BCUT2D eigenvalue weighted by Gasteiger charge is -2.07. The summed E-state index contributed by atoms with van der Waals surface area (Å²) in [4.78, 5) is 0.641. The Hall–Kier alpha value is -1.08. The van der Waals surface area contributed by atoms with E-state index in [0.717, 1.165) is 0 Å². The van der Waals surface area contributed by atoms with Crippen LogP contribution in [0.4, 0.5) is 8.78 Å². The molecular formula is C10H9F2NS. The third kappa shape index (κ3) is 2.71. The van der Waals surface area contributed by atoms with Crippen LogP contribution in [0.3, 0.4) is 0 Å². The van der Waals surface area contributed by atoms with Crippen LogP contribution >= 0.6 is 12.6 Å². The van der Waals surface area contributed by atoms with E-state index in [1.54, 1.807) is 6.07 Å². The van der Waals surface area contributed by atoms with Gasteiger partial charge in [0.1, 0.15) is 0 Å². The first-order chi connectivity index (χ1) is 6.65. The maximum Gasteiger partial charge on any atom is 0.264 e. The second-order valence-corrected chi connectivity index (χ2v) is 3.36. The van der Waals surface area contributed by atoms with Crippen LogP contribution in [0.5, 0.6) is 0 Å². The summed E-state index contributed by atoms with van der Waals surface area (Å²) in [5.74, 6) is 0. The molecule has 0 aromatic heterocycles. The summed E-state index contributed by atoms with van der Waals surface area (Å²) >= 11 is 4.06. The molecule has 0 atom stereocenters. The van der Waals surface area contributed by atoms with Gasteiger partial charge in [-0.1, -0.05) is 6.07 Å². The molecule has 0 fully saturated rings. The molecule has 0 aliphatic rings. The summed E-state index contributed by atoms with van der Waals surface area (Å²) in [5.41, 5.74) is 0.507. The maximum atomic E-state index is 12.5. The van der Waals surface area contributed by atoms with Gasteiger partial charge < -0.3 is 0 Å². The van der Waals surface area contributed by atoms with Crippen LogP contribution in [0.25, 0.3) is 0 Å². The van der Waals surface area contributed by atoms with E-state index in [2.05, 4.69) is 12.6 Å². The molecule has 0 radical (unpaired) electrons. The molecule has 4 heteroatoms. The van der Waals surface area contributed by atoms with Crippen LogP contribution < -0.4 is 0 Å². The molecule has 1 aromatic rings. The van der Waals surface area contributed by atoms with Gasteiger partial charge in [0.25, 0.3) is 6.43 Å². The Kier molecular flexibility index (Phi) is 3.90. The van der Waals surface area contributed by atoms with Crippen molar-refractivity contribution in [3.8, 4) is 6.07 Å². The third-order valence-corrected chi connectivity index (χ3v) is 2.15. The van der Waals surface area contributed by atoms with E-state index in [-0.39, 0.29) is 12.0 Å². The molecule has 1 nitrogen and oxygen atoms in total. The molecule has 0 aliphatic carbocycles. The lowest BCUT2D eigenvalue weighted by Crippen LogP contribution is -1.94. The predicted molar refractivity (Wildman–Crippen MR) is 52.6 cm³/mol. The first kappa shape index (κ1) is 11.0. The van der Waals surface area contributed by atoms with Crippen molar-refractivity contribution < 1.29 is 8.78 Å². The largest absolute Gasteiger partial charge is 0.264 e. The number of hydrogen-bond donors (Lipinski definition) is 1. The molecule has 74 valence electrons. The number of rotatable bonds is 3. The van der Waals surface area contributed by atoms with Gasteiger partial charge in [-0.2, -0.15) is 5.26 Å². The summed E-state index contributed by atoms with van der Waals surface area (Å²) < 4.78 is 25.0. The van der Waals surface area contributed by atoms with E-state index in [1.807, 2.05) is 6.07 Å². The molecule has 0 aliphatic heterocycles. The van der Waals surface area contributed by atoms with Gasteiger partial charge in [-0.3, -0.25) is 0 Å². The Bertz CT molecular complexity index is 358. The molecule has 0 bridgehead atoms. The van der Waals surface area contributed by atoms with Gasteiger partial charge in [0, 0.05) is 16.9 Å². The number of halogens is 2. The normalized spacial score (nSPS) is 10.2. The molecule has 0 amide bonds. The molecule has 0 saturated carbocycles. The van der Waals surface area contributed by atoms with Crippen LogP contribution in [0.2, 0.25) is 0 Å². The first-order valence-electron chi connectivity index (χ1n) is 4.12. The number of alkyl halides is 2. The zero-order chi connectivity index (χ0) is 10.6. The number of nitriles is 1. The minimum Gasteiger partial charge on any atom is -0.205 e. The Morgan fingerprint density at radius 3 is 2.71 bits per heavy atom. The zero-order valence-electron chi connectivity index (χ0n) is 7.37. The van der Waals surface area contributed by atoms with Gasteiger partial charge in [0.05, 0.1) is 6.07 Å². The maximum absolute atomic E-state index is 12.5. The number of thiol groups is 1. The monoisotopic (exact) mass is 213 g/mol. The molecule has 0 N–H and O–H groups in total. The molecule has 0 unspecified atom stereocenters. The lowest BCUT2D eigenvalue weighted by molar-refractivity contribution is 0.150. The quantitative estimate of drug-likeness (QED) is 0.764. The Balaban J connectivity index is 2.98. The van der Waals surface area contributed by atoms with Gasteiger partial charge in [-0.15, -0.1) is 12.6 Å². The minimum atomic E-state index is -2.49. The fourth-order valence-electron chi connectivity index (χ4n) is 1.21. The van der Waals surface area contributed by atoms with Crippen molar-refractivity contribution in [2.45, 2.75) is 24.2 Å². The molecule has 14 heavy (non-hydrogen) atoms. The zero-order valence-corrected chi connectivity index (χ0v) is 8.27. The van der Waals surface area contributed by atoms with Crippen LogP contribution in [0.15, 0.2) is 23.1 Å². The number of aryl methyl sites for hydroxylation is 1. The third-order valence-electron chi connectivity index (χ3n) is 1.87. The minimum absolute atomic E-state index is 0.00181. The highest BCUT2D eigenvalue weighted by atomic mass is 32.1. The number of hydrogen-bond acceptors (Lipinski definition) is 2. The molecule has 1 rings (SSSR count). The van der Waals surface area contributed by atoms with E-state index in [1.165, 1.54) is 12.1 Å². The fraction of sp³-hybridized carbons (Fsp3) is 0.300.